The molecule has 0 radical (unpaired) electrons. The average Bonchev–Trinajstić information content (AvgIpc) is 3.34. The molecule has 224 valence electrons. The standard InChI is InChI=1S/C34H43N3O4S/c38-33-15-13-26-12-14-28(24-31(26)37(33)25-41-34(39)27-8-3-1-2-4-9-27)40-22-6-5-17-35-18-20-36(21-19-35)30-10-7-11-32-29(30)16-23-42-32/h7,10-12,14,16,23-24,27H,1-6,8-9,13,15,17-22,25H2. The maximum absolute atomic E-state index is 12.8. The Labute approximate surface area is 253 Å². The molecule has 0 N–H and O–H groups in total. The molecule has 1 aromatic heterocycles. The average molecular weight is 590 g/mol. The number of piperazine rings is 1. The SMILES string of the molecule is O=C(OCN1C(=O)CCc2ccc(OCCCCN3CCN(c4cccc5sccc45)CC3)cc21)C1CCCCCC1. The van der Waals surface area contributed by atoms with Crippen molar-refractivity contribution in [3.63, 3.8) is 0 Å². The molecule has 0 unspecified atom stereocenters. The van der Waals surface area contributed by atoms with Crippen LogP contribution in [0.2, 0.25) is 0 Å². The van der Waals surface area contributed by atoms with Gasteiger partial charge in [0.25, 0.3) is 0 Å². The maximum atomic E-state index is 12.8. The fourth-order valence-corrected chi connectivity index (χ4v) is 7.41. The van der Waals surface area contributed by atoms with Crippen molar-refractivity contribution < 1.29 is 19.1 Å². The van der Waals surface area contributed by atoms with Crippen molar-refractivity contribution in [2.24, 2.45) is 5.92 Å². The van der Waals surface area contributed by atoms with Crippen LogP contribution in [0, 0.1) is 5.92 Å². The molecule has 2 aliphatic heterocycles. The Balaban J connectivity index is 0.942. The Bertz CT molecular complexity index is 1360. The summed E-state index contributed by atoms with van der Waals surface area (Å²) in [7, 11) is 0. The van der Waals surface area contributed by atoms with E-state index in [4.69, 9.17) is 9.47 Å². The Morgan fingerprint density at radius 2 is 1.74 bits per heavy atom. The molecule has 3 aromatic rings. The van der Waals surface area contributed by atoms with Crippen molar-refractivity contribution in [2.75, 3.05) is 55.9 Å². The van der Waals surface area contributed by atoms with Crippen molar-refractivity contribution in [3.8, 4) is 5.75 Å². The number of thiophene rings is 1. The zero-order valence-electron chi connectivity index (χ0n) is 24.6. The van der Waals surface area contributed by atoms with Crippen LogP contribution in [0.4, 0.5) is 11.4 Å². The lowest BCUT2D eigenvalue weighted by Crippen LogP contribution is -2.46. The van der Waals surface area contributed by atoms with Crippen LogP contribution in [0.5, 0.6) is 5.75 Å². The highest BCUT2D eigenvalue weighted by Crippen LogP contribution is 2.33. The van der Waals surface area contributed by atoms with Gasteiger partial charge in [-0.3, -0.25) is 19.4 Å². The van der Waals surface area contributed by atoms with Gasteiger partial charge >= 0.3 is 5.97 Å². The highest BCUT2D eigenvalue weighted by atomic mass is 32.1. The Morgan fingerprint density at radius 3 is 2.57 bits per heavy atom. The van der Waals surface area contributed by atoms with Crippen LogP contribution >= 0.6 is 11.3 Å². The number of unbranched alkanes of at least 4 members (excludes halogenated alkanes) is 1. The number of esters is 1. The van der Waals surface area contributed by atoms with E-state index in [1.54, 1.807) is 4.90 Å². The lowest BCUT2D eigenvalue weighted by molar-refractivity contribution is -0.149. The Morgan fingerprint density at radius 1 is 0.905 bits per heavy atom. The summed E-state index contributed by atoms with van der Waals surface area (Å²) in [6.45, 7) is 6.00. The molecule has 1 saturated carbocycles. The third kappa shape index (κ3) is 6.92. The number of rotatable bonds is 10. The third-order valence-corrected chi connectivity index (χ3v) is 9.99. The highest BCUT2D eigenvalue weighted by Gasteiger charge is 2.28. The number of fused-ring (bicyclic) bond motifs is 2. The first kappa shape index (κ1) is 29.0. The lowest BCUT2D eigenvalue weighted by Gasteiger charge is -2.36. The molecule has 7 nitrogen and oxygen atoms in total. The fraction of sp³-hybridized carbons (Fsp3) is 0.529. The van der Waals surface area contributed by atoms with Crippen LogP contribution in [0.1, 0.15) is 63.4 Å². The molecule has 0 spiro atoms. The van der Waals surface area contributed by atoms with Crippen molar-refractivity contribution in [3.05, 3.63) is 53.4 Å². The number of hydrogen-bond donors (Lipinski definition) is 0. The molecule has 2 fully saturated rings. The van der Waals surface area contributed by atoms with E-state index >= 15 is 0 Å². The normalized spacial score (nSPS) is 18.6. The lowest BCUT2D eigenvalue weighted by atomic mass is 10.0. The summed E-state index contributed by atoms with van der Waals surface area (Å²) in [6.07, 6.45) is 9.53. The van der Waals surface area contributed by atoms with Crippen LogP contribution in [0.25, 0.3) is 10.1 Å². The van der Waals surface area contributed by atoms with Gasteiger partial charge in [0.1, 0.15) is 5.75 Å². The molecule has 42 heavy (non-hydrogen) atoms. The molecule has 3 aliphatic rings. The van der Waals surface area contributed by atoms with Crippen molar-refractivity contribution >= 4 is 44.7 Å². The topological polar surface area (TPSA) is 62.3 Å². The number of amides is 1. The number of aryl methyl sites for hydroxylation is 1. The number of carbonyl (C=O) groups excluding carboxylic acids is 2. The summed E-state index contributed by atoms with van der Waals surface area (Å²) in [4.78, 5) is 32.2. The maximum Gasteiger partial charge on any atom is 0.310 e. The number of hydrogen-bond acceptors (Lipinski definition) is 7. The van der Waals surface area contributed by atoms with Crippen LogP contribution < -0.4 is 14.5 Å². The van der Waals surface area contributed by atoms with E-state index in [0.29, 0.717) is 19.4 Å². The minimum absolute atomic E-state index is 0.000387. The molecule has 0 atom stereocenters. The van der Waals surface area contributed by atoms with E-state index in [0.717, 1.165) is 88.2 Å². The summed E-state index contributed by atoms with van der Waals surface area (Å²) in [5.74, 6) is 0.567. The summed E-state index contributed by atoms with van der Waals surface area (Å²) < 4.78 is 13.2. The van der Waals surface area contributed by atoms with Crippen LogP contribution in [0.15, 0.2) is 47.8 Å². The molecular weight excluding hydrogens is 546 g/mol. The highest BCUT2D eigenvalue weighted by molar-refractivity contribution is 7.17. The third-order valence-electron chi connectivity index (χ3n) is 9.10. The summed E-state index contributed by atoms with van der Waals surface area (Å²) in [5.41, 5.74) is 3.28. The van der Waals surface area contributed by atoms with E-state index in [9.17, 15) is 9.59 Å². The number of anilines is 2. The van der Waals surface area contributed by atoms with Crippen molar-refractivity contribution in [2.45, 2.75) is 64.2 Å². The number of carbonyl (C=O) groups is 2. The molecular formula is C34H43N3O4S. The second kappa shape index (κ2) is 13.9. The molecule has 8 heteroatoms. The van der Waals surface area contributed by atoms with Gasteiger partial charge < -0.3 is 14.4 Å². The van der Waals surface area contributed by atoms with Gasteiger partial charge in [0, 0.05) is 54.4 Å². The number of ether oxygens (including phenoxy) is 2. The first-order valence-corrected chi connectivity index (χ1v) is 16.7. The second-order valence-corrected chi connectivity index (χ2v) is 12.8. The molecule has 1 aliphatic carbocycles. The summed E-state index contributed by atoms with van der Waals surface area (Å²) in [6, 6.07) is 14.9. The predicted molar refractivity (Wildman–Crippen MR) is 170 cm³/mol. The molecule has 0 bridgehead atoms. The molecule has 2 aromatic carbocycles. The van der Waals surface area contributed by atoms with Gasteiger partial charge in [-0.1, -0.05) is 37.8 Å². The fourth-order valence-electron chi connectivity index (χ4n) is 6.60. The zero-order valence-corrected chi connectivity index (χ0v) is 25.4. The van der Waals surface area contributed by atoms with Crippen molar-refractivity contribution in [1.29, 1.82) is 0 Å². The summed E-state index contributed by atoms with van der Waals surface area (Å²) in [5, 5.41) is 3.56. The van der Waals surface area contributed by atoms with Gasteiger partial charge in [0.05, 0.1) is 18.2 Å². The summed E-state index contributed by atoms with van der Waals surface area (Å²) >= 11 is 1.81. The molecule has 6 rings (SSSR count). The monoisotopic (exact) mass is 589 g/mol. The smallest absolute Gasteiger partial charge is 0.310 e. The van der Waals surface area contributed by atoms with E-state index in [2.05, 4.69) is 39.4 Å². The second-order valence-electron chi connectivity index (χ2n) is 11.9. The Hall–Kier alpha value is -3.10. The first-order chi connectivity index (χ1) is 20.7. The largest absolute Gasteiger partial charge is 0.494 e. The van der Waals surface area contributed by atoms with Gasteiger partial charge in [0.2, 0.25) is 5.91 Å². The first-order valence-electron chi connectivity index (χ1n) is 15.8. The van der Waals surface area contributed by atoms with Gasteiger partial charge in [-0.25, -0.2) is 0 Å². The van der Waals surface area contributed by atoms with E-state index < -0.39 is 0 Å². The number of benzene rings is 2. The van der Waals surface area contributed by atoms with E-state index in [-0.39, 0.29) is 24.5 Å². The van der Waals surface area contributed by atoms with Gasteiger partial charge in [-0.2, -0.15) is 0 Å². The van der Waals surface area contributed by atoms with Crippen LogP contribution in [-0.2, 0) is 20.7 Å². The molecule has 1 amide bonds. The minimum Gasteiger partial charge on any atom is -0.494 e. The van der Waals surface area contributed by atoms with E-state index in [1.165, 1.54) is 28.6 Å². The zero-order chi connectivity index (χ0) is 28.7. The predicted octanol–water partition coefficient (Wildman–Crippen LogP) is 6.63. The minimum atomic E-state index is -0.162. The van der Waals surface area contributed by atoms with Crippen LogP contribution in [-0.4, -0.2) is 62.8 Å². The molecule has 3 heterocycles. The van der Waals surface area contributed by atoms with E-state index in [1.807, 2.05) is 29.5 Å². The van der Waals surface area contributed by atoms with Gasteiger partial charge in [-0.05, 0) is 73.9 Å². The Kier molecular flexibility index (Phi) is 9.61. The number of nitrogens with zero attached hydrogens (tertiary/aromatic N) is 3. The van der Waals surface area contributed by atoms with Gasteiger partial charge in [0.15, 0.2) is 6.73 Å². The van der Waals surface area contributed by atoms with Crippen LogP contribution in [0.3, 0.4) is 0 Å². The van der Waals surface area contributed by atoms with Gasteiger partial charge in [-0.15, -0.1) is 11.3 Å². The quantitative estimate of drug-likeness (QED) is 0.150. The van der Waals surface area contributed by atoms with Crippen molar-refractivity contribution in [1.82, 2.24) is 4.90 Å². The molecule has 1 saturated heterocycles.